The molecule has 6 heteroatoms. The number of rotatable bonds is 0. The zero-order chi connectivity index (χ0) is 6.08. The smallest absolute Gasteiger partial charge is 0.356 e. The van der Waals surface area contributed by atoms with E-state index in [-0.39, 0.29) is 37.7 Å². The topological polar surface area (TPSA) is 37.3 Å². The van der Waals surface area contributed by atoms with Gasteiger partial charge >= 0.3 is 5.97 Å². The van der Waals surface area contributed by atoms with E-state index in [1.807, 2.05) is 0 Å². The van der Waals surface area contributed by atoms with Gasteiger partial charge in [-0.15, -0.1) is 0 Å². The number of hydrogen-bond acceptors (Lipinski definition) is 1. The maximum Gasteiger partial charge on any atom is 0.356 e. The van der Waals surface area contributed by atoms with Crippen LogP contribution in [-0.2, 0) is 4.79 Å². The fourth-order valence-electron chi connectivity index (χ4n) is 0. The van der Waals surface area contributed by atoms with E-state index in [0.29, 0.717) is 0 Å². The molecule has 0 bridgehead atoms. The van der Waals surface area contributed by atoms with Crippen LogP contribution in [0.3, 0.4) is 0 Å². The van der Waals surface area contributed by atoms with E-state index in [2.05, 4.69) is 0 Å². The zero-order valence-electron chi connectivity index (χ0n) is 3.70. The molecular formula is C2HCaCl3O2. The Hall–Kier alpha value is 1.60. The molecule has 44 valence electrons. The normalized spacial score (nSPS) is 9.88. The molecule has 0 amide bonds. The van der Waals surface area contributed by atoms with Crippen LogP contribution in [0.15, 0.2) is 0 Å². The molecule has 2 radical (unpaired) electrons. The van der Waals surface area contributed by atoms with Crippen molar-refractivity contribution in [2.24, 2.45) is 0 Å². The summed E-state index contributed by atoms with van der Waals surface area (Å²) in [6.45, 7) is 0. The predicted molar refractivity (Wildman–Crippen MR) is 33.7 cm³/mol. The van der Waals surface area contributed by atoms with E-state index in [9.17, 15) is 4.79 Å². The molecule has 8 heavy (non-hydrogen) atoms. The first kappa shape index (κ1) is 12.3. The third kappa shape index (κ3) is 5.73. The van der Waals surface area contributed by atoms with Crippen LogP contribution < -0.4 is 0 Å². The molecule has 0 saturated carbocycles. The van der Waals surface area contributed by atoms with Crippen molar-refractivity contribution in [3.63, 3.8) is 0 Å². The molecule has 0 aromatic carbocycles. The van der Waals surface area contributed by atoms with Gasteiger partial charge in [-0.1, -0.05) is 34.8 Å². The van der Waals surface area contributed by atoms with E-state index in [1.165, 1.54) is 0 Å². The molecule has 0 saturated heterocycles. The second-order valence-corrected chi connectivity index (χ2v) is 3.08. The summed E-state index contributed by atoms with van der Waals surface area (Å²) in [4.78, 5) is 9.62. The Morgan fingerprint density at radius 2 is 1.50 bits per heavy atom. The minimum atomic E-state index is -2.17. The van der Waals surface area contributed by atoms with Crippen LogP contribution >= 0.6 is 34.8 Å². The summed E-state index contributed by atoms with van der Waals surface area (Å²) >= 11 is 14.4. The van der Waals surface area contributed by atoms with Gasteiger partial charge in [-0.3, -0.25) is 0 Å². The molecule has 0 atom stereocenters. The first-order chi connectivity index (χ1) is 2.94. The number of halogens is 3. The van der Waals surface area contributed by atoms with Gasteiger partial charge in [-0.05, 0) is 0 Å². The quantitative estimate of drug-likeness (QED) is 0.472. The van der Waals surface area contributed by atoms with Crippen LogP contribution in [0.4, 0.5) is 0 Å². The first-order valence-electron chi connectivity index (χ1n) is 1.24. The summed E-state index contributed by atoms with van der Waals surface area (Å²) in [7, 11) is 0. The monoisotopic (exact) mass is 202 g/mol. The fourth-order valence-corrected chi connectivity index (χ4v) is 0. The second-order valence-electron chi connectivity index (χ2n) is 0.803. The molecule has 0 fully saturated rings. The molecule has 0 aliphatic rings. The van der Waals surface area contributed by atoms with Gasteiger partial charge in [-0.25, -0.2) is 4.79 Å². The summed E-state index contributed by atoms with van der Waals surface area (Å²) in [6, 6.07) is 0. The van der Waals surface area contributed by atoms with E-state index >= 15 is 0 Å². The average Bonchev–Trinajstić information content (AvgIpc) is 1.31. The summed E-state index contributed by atoms with van der Waals surface area (Å²) in [5.41, 5.74) is 0. The van der Waals surface area contributed by atoms with Crippen molar-refractivity contribution < 1.29 is 9.90 Å². The van der Waals surface area contributed by atoms with Crippen molar-refractivity contribution in [1.82, 2.24) is 0 Å². The van der Waals surface area contributed by atoms with E-state index in [1.54, 1.807) is 0 Å². The molecule has 0 heterocycles. The van der Waals surface area contributed by atoms with E-state index < -0.39 is 9.76 Å². The number of aliphatic carboxylic acids is 1. The van der Waals surface area contributed by atoms with Crippen LogP contribution in [0, 0.1) is 0 Å². The Kier molecular flexibility index (Phi) is 6.79. The zero-order valence-corrected chi connectivity index (χ0v) is 8.17. The van der Waals surface area contributed by atoms with Crippen molar-refractivity contribution in [3.05, 3.63) is 0 Å². The molecule has 0 aliphatic carbocycles. The van der Waals surface area contributed by atoms with Gasteiger partial charge in [0.25, 0.3) is 3.79 Å². The van der Waals surface area contributed by atoms with Gasteiger partial charge in [-0.2, -0.15) is 0 Å². The maximum atomic E-state index is 9.62. The van der Waals surface area contributed by atoms with Crippen molar-refractivity contribution in [2.45, 2.75) is 3.79 Å². The Morgan fingerprint density at radius 3 is 1.50 bits per heavy atom. The van der Waals surface area contributed by atoms with Gasteiger partial charge in [0, 0.05) is 37.7 Å². The summed E-state index contributed by atoms with van der Waals surface area (Å²) in [5, 5.41) is 7.85. The molecule has 0 spiro atoms. The number of hydrogen-bond donors (Lipinski definition) is 1. The van der Waals surface area contributed by atoms with Crippen LogP contribution in [0.25, 0.3) is 0 Å². The molecule has 0 aromatic rings. The standard InChI is InChI=1S/C2HCl3O2.Ca/c3-2(4,5)1(6)7;/h(H,6,7);. The predicted octanol–water partition coefficient (Wildman–Crippen LogP) is 1.06. The molecule has 2 nitrogen and oxygen atoms in total. The molecule has 0 rings (SSSR count). The number of carboxylic acids is 1. The minimum absolute atomic E-state index is 0. The average molecular weight is 203 g/mol. The van der Waals surface area contributed by atoms with Crippen LogP contribution in [0.5, 0.6) is 0 Å². The van der Waals surface area contributed by atoms with Crippen LogP contribution in [-0.4, -0.2) is 52.6 Å². The molecule has 0 aliphatic heterocycles. The van der Waals surface area contributed by atoms with Gasteiger partial charge in [0.2, 0.25) is 0 Å². The Bertz CT molecular complexity index is 87.8. The largest absolute Gasteiger partial charge is 0.478 e. The van der Waals surface area contributed by atoms with Crippen LogP contribution in [0.1, 0.15) is 0 Å². The van der Waals surface area contributed by atoms with Crippen LogP contribution in [0.2, 0.25) is 0 Å². The third-order valence-electron chi connectivity index (χ3n) is 0.243. The maximum absolute atomic E-state index is 9.62. The second kappa shape index (κ2) is 4.42. The molecule has 0 aromatic heterocycles. The van der Waals surface area contributed by atoms with E-state index in [0.717, 1.165) is 0 Å². The fraction of sp³-hybridized carbons (Fsp3) is 0.500. The Balaban J connectivity index is 0. The van der Waals surface area contributed by atoms with Gasteiger partial charge in [0.15, 0.2) is 0 Å². The summed E-state index contributed by atoms with van der Waals surface area (Å²) in [5.74, 6) is -1.46. The summed E-state index contributed by atoms with van der Waals surface area (Å²) < 4.78 is -2.17. The Morgan fingerprint density at radius 1 is 1.38 bits per heavy atom. The van der Waals surface area contributed by atoms with Gasteiger partial charge in [0.05, 0.1) is 0 Å². The third-order valence-corrected chi connectivity index (χ3v) is 0.728. The molecular weight excluding hydrogens is 202 g/mol. The Labute approximate surface area is 91.1 Å². The van der Waals surface area contributed by atoms with Crippen molar-refractivity contribution in [1.29, 1.82) is 0 Å². The minimum Gasteiger partial charge on any atom is -0.478 e. The summed E-state index contributed by atoms with van der Waals surface area (Å²) in [6.07, 6.45) is 0. The molecule has 1 N–H and O–H groups in total. The first-order valence-corrected chi connectivity index (χ1v) is 2.38. The SMILES string of the molecule is O=C(O)C(Cl)(Cl)Cl.[Ca]. The number of carboxylic acid groups (broad SMARTS) is 1. The van der Waals surface area contributed by atoms with Gasteiger partial charge in [0.1, 0.15) is 0 Å². The van der Waals surface area contributed by atoms with Crippen molar-refractivity contribution in [2.75, 3.05) is 0 Å². The van der Waals surface area contributed by atoms with E-state index in [4.69, 9.17) is 39.9 Å². The molecule has 0 unspecified atom stereocenters. The van der Waals surface area contributed by atoms with Crippen molar-refractivity contribution >= 4 is 78.5 Å². The number of carbonyl (C=O) groups is 1. The van der Waals surface area contributed by atoms with Crippen molar-refractivity contribution in [3.8, 4) is 0 Å². The number of alkyl halides is 3. The van der Waals surface area contributed by atoms with Gasteiger partial charge < -0.3 is 5.11 Å².